The van der Waals surface area contributed by atoms with Crippen molar-refractivity contribution >= 4 is 23.2 Å². The van der Waals surface area contributed by atoms with Crippen LogP contribution in [0, 0.1) is 6.92 Å². The van der Waals surface area contributed by atoms with E-state index in [0.29, 0.717) is 26.1 Å². The number of carbonyl (C=O) groups is 2. The molecular weight excluding hydrogens is 340 g/mol. The molecule has 134 valence electrons. The molecule has 0 spiro atoms. The smallest absolute Gasteiger partial charge is 0.286 e. The van der Waals surface area contributed by atoms with Gasteiger partial charge < -0.3 is 14.6 Å². The second-order valence-electron chi connectivity index (χ2n) is 6.00. The fourth-order valence-electron chi connectivity index (χ4n) is 2.80. The second kappa shape index (κ2) is 8.26. The Bertz CT molecular complexity index is 705. The van der Waals surface area contributed by atoms with Gasteiger partial charge in [-0.05, 0) is 19.1 Å². The van der Waals surface area contributed by atoms with E-state index in [1.54, 1.807) is 23.5 Å². The van der Waals surface area contributed by atoms with Crippen LogP contribution in [0.3, 0.4) is 0 Å². The van der Waals surface area contributed by atoms with E-state index in [0.717, 1.165) is 30.3 Å². The number of rotatable bonds is 6. The number of amides is 2. The standard InChI is InChI=1S/C17H22N4O3S/c1-13-19-14(12-25-13)11-20-6-8-21(9-7-20)16(22)4-5-18-17(23)15-3-2-10-24-15/h2-3,10,12H,4-9,11H2,1H3,(H,18,23). The highest BCUT2D eigenvalue weighted by molar-refractivity contribution is 7.09. The van der Waals surface area contributed by atoms with Crippen molar-refractivity contribution in [3.63, 3.8) is 0 Å². The van der Waals surface area contributed by atoms with Gasteiger partial charge in [-0.15, -0.1) is 11.3 Å². The monoisotopic (exact) mass is 362 g/mol. The summed E-state index contributed by atoms with van der Waals surface area (Å²) >= 11 is 1.67. The van der Waals surface area contributed by atoms with Crippen molar-refractivity contribution in [3.8, 4) is 0 Å². The lowest BCUT2D eigenvalue weighted by Crippen LogP contribution is -2.48. The summed E-state index contributed by atoms with van der Waals surface area (Å²) in [6.45, 7) is 6.29. The zero-order chi connectivity index (χ0) is 17.6. The number of piperazine rings is 1. The first-order chi connectivity index (χ1) is 12.1. The van der Waals surface area contributed by atoms with Crippen molar-refractivity contribution in [2.45, 2.75) is 19.9 Å². The average molecular weight is 362 g/mol. The number of furan rings is 1. The van der Waals surface area contributed by atoms with E-state index in [1.165, 1.54) is 6.26 Å². The molecule has 2 amide bonds. The van der Waals surface area contributed by atoms with Crippen LogP contribution in [0.1, 0.15) is 27.7 Å². The molecule has 2 aromatic heterocycles. The molecule has 7 nitrogen and oxygen atoms in total. The van der Waals surface area contributed by atoms with Crippen LogP contribution < -0.4 is 5.32 Å². The highest BCUT2D eigenvalue weighted by Crippen LogP contribution is 2.12. The second-order valence-corrected chi connectivity index (χ2v) is 7.06. The van der Waals surface area contributed by atoms with E-state index < -0.39 is 0 Å². The lowest BCUT2D eigenvalue weighted by Gasteiger charge is -2.34. The van der Waals surface area contributed by atoms with Crippen molar-refractivity contribution in [3.05, 3.63) is 40.2 Å². The topological polar surface area (TPSA) is 78.7 Å². The Kier molecular flexibility index (Phi) is 5.83. The molecule has 0 atom stereocenters. The van der Waals surface area contributed by atoms with Crippen molar-refractivity contribution in [1.29, 1.82) is 0 Å². The summed E-state index contributed by atoms with van der Waals surface area (Å²) in [5.41, 5.74) is 1.10. The molecule has 0 bridgehead atoms. The first-order valence-electron chi connectivity index (χ1n) is 8.34. The molecule has 1 saturated heterocycles. The van der Waals surface area contributed by atoms with E-state index in [4.69, 9.17) is 4.42 Å². The minimum absolute atomic E-state index is 0.0731. The predicted octanol–water partition coefficient (Wildman–Crippen LogP) is 1.51. The summed E-state index contributed by atoms with van der Waals surface area (Å²) in [6.07, 6.45) is 1.75. The molecule has 1 fully saturated rings. The molecular formula is C17H22N4O3S. The van der Waals surface area contributed by atoms with Crippen LogP contribution >= 0.6 is 11.3 Å². The Labute approximate surface area is 150 Å². The number of nitrogens with one attached hydrogen (secondary N) is 1. The molecule has 3 heterocycles. The predicted molar refractivity (Wildman–Crippen MR) is 94.4 cm³/mol. The average Bonchev–Trinajstić information content (AvgIpc) is 3.27. The first-order valence-corrected chi connectivity index (χ1v) is 9.22. The van der Waals surface area contributed by atoms with Crippen molar-refractivity contribution in [1.82, 2.24) is 20.1 Å². The number of aromatic nitrogens is 1. The molecule has 0 unspecified atom stereocenters. The van der Waals surface area contributed by atoms with Crippen LogP contribution in [0.25, 0.3) is 0 Å². The van der Waals surface area contributed by atoms with Crippen molar-refractivity contribution in [2.75, 3.05) is 32.7 Å². The van der Waals surface area contributed by atoms with Gasteiger partial charge in [-0.25, -0.2) is 4.98 Å². The van der Waals surface area contributed by atoms with Gasteiger partial charge in [0, 0.05) is 51.1 Å². The number of hydrogen-bond donors (Lipinski definition) is 1. The van der Waals surface area contributed by atoms with Gasteiger partial charge in [-0.1, -0.05) is 0 Å². The van der Waals surface area contributed by atoms with Crippen molar-refractivity contribution < 1.29 is 14.0 Å². The van der Waals surface area contributed by atoms with Gasteiger partial charge in [0.15, 0.2) is 5.76 Å². The van der Waals surface area contributed by atoms with Crippen LogP contribution in [0.15, 0.2) is 28.2 Å². The Hall–Kier alpha value is -2.19. The third kappa shape index (κ3) is 4.90. The van der Waals surface area contributed by atoms with Gasteiger partial charge >= 0.3 is 0 Å². The maximum Gasteiger partial charge on any atom is 0.286 e. The van der Waals surface area contributed by atoms with E-state index in [1.807, 2.05) is 11.8 Å². The number of carbonyl (C=O) groups excluding carboxylic acids is 2. The quantitative estimate of drug-likeness (QED) is 0.843. The number of hydrogen-bond acceptors (Lipinski definition) is 6. The Morgan fingerprint density at radius 2 is 2.12 bits per heavy atom. The molecule has 1 N–H and O–H groups in total. The number of thiazole rings is 1. The van der Waals surface area contributed by atoms with Crippen LogP contribution in [0.4, 0.5) is 0 Å². The lowest BCUT2D eigenvalue weighted by molar-refractivity contribution is -0.132. The van der Waals surface area contributed by atoms with Gasteiger partial charge in [0.1, 0.15) is 0 Å². The minimum atomic E-state index is -0.291. The lowest BCUT2D eigenvalue weighted by atomic mass is 10.2. The van der Waals surface area contributed by atoms with Crippen LogP contribution in [-0.4, -0.2) is 59.3 Å². The zero-order valence-corrected chi connectivity index (χ0v) is 15.1. The number of nitrogens with zero attached hydrogens (tertiary/aromatic N) is 3. The molecule has 0 aromatic carbocycles. The van der Waals surface area contributed by atoms with Gasteiger partial charge in [-0.2, -0.15) is 0 Å². The molecule has 0 saturated carbocycles. The fraction of sp³-hybridized carbons (Fsp3) is 0.471. The maximum absolute atomic E-state index is 12.3. The largest absolute Gasteiger partial charge is 0.459 e. The van der Waals surface area contributed by atoms with Gasteiger partial charge in [0.05, 0.1) is 17.0 Å². The summed E-state index contributed by atoms with van der Waals surface area (Å²) < 4.78 is 5.01. The molecule has 3 rings (SSSR count). The molecule has 0 aliphatic carbocycles. The molecule has 1 aliphatic heterocycles. The van der Waals surface area contributed by atoms with Crippen molar-refractivity contribution in [2.24, 2.45) is 0 Å². The highest BCUT2D eigenvalue weighted by Gasteiger charge is 2.21. The summed E-state index contributed by atoms with van der Waals surface area (Å²) in [5.74, 6) is 0.0448. The van der Waals surface area contributed by atoms with E-state index in [9.17, 15) is 9.59 Å². The summed E-state index contributed by atoms with van der Waals surface area (Å²) in [5, 5.41) is 5.88. The first kappa shape index (κ1) is 17.6. The van der Waals surface area contributed by atoms with Crippen LogP contribution in [0.2, 0.25) is 0 Å². The SMILES string of the molecule is Cc1nc(CN2CCN(C(=O)CCNC(=O)c3ccco3)CC2)cs1. The molecule has 8 heteroatoms. The van der Waals surface area contributed by atoms with Gasteiger partial charge in [0.25, 0.3) is 5.91 Å². The van der Waals surface area contributed by atoms with Gasteiger partial charge in [0.2, 0.25) is 5.91 Å². The van der Waals surface area contributed by atoms with E-state index >= 15 is 0 Å². The summed E-state index contributed by atoms with van der Waals surface area (Å²) in [6, 6.07) is 3.26. The zero-order valence-electron chi connectivity index (χ0n) is 14.2. The maximum atomic E-state index is 12.3. The van der Waals surface area contributed by atoms with E-state index in [-0.39, 0.29) is 17.6 Å². The summed E-state index contributed by atoms with van der Waals surface area (Å²) in [4.78, 5) is 32.7. The Morgan fingerprint density at radius 3 is 2.76 bits per heavy atom. The van der Waals surface area contributed by atoms with Gasteiger partial charge in [-0.3, -0.25) is 14.5 Å². The third-order valence-electron chi connectivity index (χ3n) is 4.15. The minimum Gasteiger partial charge on any atom is -0.459 e. The highest BCUT2D eigenvalue weighted by atomic mass is 32.1. The Morgan fingerprint density at radius 1 is 1.32 bits per heavy atom. The van der Waals surface area contributed by atoms with E-state index in [2.05, 4.69) is 20.6 Å². The van der Waals surface area contributed by atoms with Crippen LogP contribution in [0.5, 0.6) is 0 Å². The molecule has 2 aromatic rings. The normalized spacial score (nSPS) is 15.3. The number of aryl methyl sites for hydroxylation is 1. The summed E-state index contributed by atoms with van der Waals surface area (Å²) in [7, 11) is 0. The Balaban J connectivity index is 1.36. The molecule has 25 heavy (non-hydrogen) atoms. The fourth-order valence-corrected chi connectivity index (χ4v) is 3.41. The van der Waals surface area contributed by atoms with Crippen LogP contribution in [-0.2, 0) is 11.3 Å². The molecule has 1 aliphatic rings. The molecule has 0 radical (unpaired) electrons. The third-order valence-corrected chi connectivity index (χ3v) is 4.97.